The molecule has 0 radical (unpaired) electrons. The van der Waals surface area contributed by atoms with Gasteiger partial charge in [0.2, 0.25) is 17.6 Å². The van der Waals surface area contributed by atoms with Crippen LogP contribution in [0.3, 0.4) is 0 Å². The highest BCUT2D eigenvalue weighted by Crippen LogP contribution is 2.35. The van der Waals surface area contributed by atoms with Gasteiger partial charge >= 0.3 is 0 Å². The zero-order valence-corrected chi connectivity index (χ0v) is 24.8. The van der Waals surface area contributed by atoms with Gasteiger partial charge in [0.05, 0.1) is 15.1 Å². The fourth-order valence-corrected chi connectivity index (χ4v) is 6.18. The lowest BCUT2D eigenvalue weighted by Gasteiger charge is -2.31. The Balaban J connectivity index is 0.980. The second-order valence-electron chi connectivity index (χ2n) is 9.80. The third-order valence-electron chi connectivity index (χ3n) is 7.05. The molecule has 1 fully saturated rings. The maximum absolute atomic E-state index is 12.8. The molecule has 5 aromatic rings. The smallest absolute Gasteiger partial charge is 0.226 e. The van der Waals surface area contributed by atoms with Crippen molar-refractivity contribution >= 4 is 52.0 Å². The van der Waals surface area contributed by atoms with Crippen molar-refractivity contribution in [1.82, 2.24) is 25.2 Å². The van der Waals surface area contributed by atoms with Crippen LogP contribution in [0.15, 0.2) is 63.0 Å². The molecule has 3 aromatic heterocycles. The summed E-state index contributed by atoms with van der Waals surface area (Å²) in [7, 11) is 0. The number of carbonyl (C=O) groups is 1. The van der Waals surface area contributed by atoms with Gasteiger partial charge in [-0.2, -0.15) is 4.98 Å². The molecule has 1 saturated heterocycles. The van der Waals surface area contributed by atoms with E-state index in [0.29, 0.717) is 76.5 Å². The highest BCUT2D eigenvalue weighted by molar-refractivity contribution is 7.10. The topological polar surface area (TPSA) is 98.2 Å². The van der Waals surface area contributed by atoms with Gasteiger partial charge in [0.15, 0.2) is 5.76 Å². The van der Waals surface area contributed by atoms with Gasteiger partial charge in [0.25, 0.3) is 0 Å². The fraction of sp³-hybridized carbons (Fsp3) is 0.276. The number of hydrogen-bond donors (Lipinski definition) is 0. The average Bonchev–Trinajstić information content (AvgIpc) is 3.76. The lowest BCUT2D eigenvalue weighted by Crippen LogP contribution is -2.37. The normalized spacial score (nSPS) is 14.1. The third kappa shape index (κ3) is 6.48. The molecule has 12 heteroatoms. The van der Waals surface area contributed by atoms with Crippen LogP contribution in [0.2, 0.25) is 15.1 Å². The average molecular weight is 629 g/mol. The standard InChI is InChI=1S/C29H24Cl3N5O3S/c30-20-7-4-17(5-8-20)28-34-26(40-36-28)2-1-3-27(38)37-12-10-18(11-13-37)29-33-24(16-41-29)25-15-23(35-39-25)19-6-9-21(31)22(32)14-19/h4-9,14-16,18H,1-3,10-13H2. The summed E-state index contributed by atoms with van der Waals surface area (Å²) < 4.78 is 10.9. The minimum absolute atomic E-state index is 0.150. The minimum Gasteiger partial charge on any atom is -0.354 e. The van der Waals surface area contributed by atoms with Crippen LogP contribution in [0.1, 0.15) is 42.5 Å². The number of carbonyl (C=O) groups excluding carboxylic acids is 1. The molecule has 1 aliphatic heterocycles. The molecule has 0 atom stereocenters. The molecule has 0 aliphatic carbocycles. The van der Waals surface area contributed by atoms with Crippen LogP contribution in [0.4, 0.5) is 0 Å². The Morgan fingerprint density at radius 2 is 1.68 bits per heavy atom. The Morgan fingerprint density at radius 1 is 0.902 bits per heavy atom. The van der Waals surface area contributed by atoms with Gasteiger partial charge in [0.1, 0.15) is 11.4 Å². The maximum atomic E-state index is 12.8. The first kappa shape index (κ1) is 27.9. The van der Waals surface area contributed by atoms with Gasteiger partial charge in [-0.05, 0) is 55.7 Å². The van der Waals surface area contributed by atoms with Crippen LogP contribution in [0.25, 0.3) is 34.1 Å². The quantitative estimate of drug-likeness (QED) is 0.171. The van der Waals surface area contributed by atoms with E-state index in [1.54, 1.807) is 35.6 Å². The van der Waals surface area contributed by atoms with Gasteiger partial charge in [-0.15, -0.1) is 11.3 Å². The van der Waals surface area contributed by atoms with Crippen LogP contribution in [0, 0.1) is 0 Å². The highest BCUT2D eigenvalue weighted by Gasteiger charge is 2.26. The van der Waals surface area contributed by atoms with Crippen LogP contribution >= 0.6 is 46.1 Å². The predicted molar refractivity (Wildman–Crippen MR) is 159 cm³/mol. The molecule has 0 N–H and O–H groups in total. The second kappa shape index (κ2) is 12.3. The zero-order valence-electron chi connectivity index (χ0n) is 21.7. The molecule has 4 heterocycles. The number of hydrogen-bond acceptors (Lipinski definition) is 8. The monoisotopic (exact) mass is 627 g/mol. The van der Waals surface area contributed by atoms with Crippen LogP contribution < -0.4 is 0 Å². The van der Waals surface area contributed by atoms with E-state index < -0.39 is 0 Å². The van der Waals surface area contributed by atoms with Crippen LogP contribution in [-0.4, -0.2) is 44.2 Å². The van der Waals surface area contributed by atoms with Gasteiger partial charge in [0, 0.05) is 59.4 Å². The van der Waals surface area contributed by atoms with E-state index in [2.05, 4.69) is 15.3 Å². The number of thiazole rings is 1. The van der Waals surface area contributed by atoms with Crippen molar-refractivity contribution in [2.45, 2.75) is 38.0 Å². The highest BCUT2D eigenvalue weighted by atomic mass is 35.5. The molecule has 1 amide bonds. The van der Waals surface area contributed by atoms with E-state index in [9.17, 15) is 4.79 Å². The molecule has 1 aliphatic rings. The van der Waals surface area contributed by atoms with E-state index in [4.69, 9.17) is 48.8 Å². The lowest BCUT2D eigenvalue weighted by molar-refractivity contribution is -0.132. The van der Waals surface area contributed by atoms with E-state index in [-0.39, 0.29) is 5.91 Å². The second-order valence-corrected chi connectivity index (χ2v) is 11.9. The first-order valence-electron chi connectivity index (χ1n) is 13.2. The molecule has 0 spiro atoms. The number of piperidine rings is 1. The molecule has 0 saturated carbocycles. The number of rotatable bonds is 8. The molecule has 210 valence electrons. The van der Waals surface area contributed by atoms with E-state index in [1.807, 2.05) is 34.5 Å². The number of nitrogens with zero attached hydrogens (tertiary/aromatic N) is 5. The number of benzene rings is 2. The molecule has 8 nitrogen and oxygen atoms in total. The Hall–Kier alpha value is -3.24. The molecule has 41 heavy (non-hydrogen) atoms. The largest absolute Gasteiger partial charge is 0.354 e. The molecule has 6 rings (SSSR count). The first-order valence-corrected chi connectivity index (χ1v) is 15.2. The molecular weight excluding hydrogens is 605 g/mol. The van der Waals surface area contributed by atoms with Crippen molar-refractivity contribution in [2.75, 3.05) is 13.1 Å². The third-order valence-corrected chi connectivity index (χ3v) is 9.05. The summed E-state index contributed by atoms with van der Waals surface area (Å²) in [5, 5.41) is 12.8. The van der Waals surface area contributed by atoms with Crippen LogP contribution in [-0.2, 0) is 11.2 Å². The fourth-order valence-electron chi connectivity index (χ4n) is 4.77. The SMILES string of the molecule is O=C(CCCc1nc(-c2ccc(Cl)cc2)no1)N1CCC(c2nc(-c3cc(-c4ccc(Cl)c(Cl)c4)no3)cs2)CC1. The van der Waals surface area contributed by atoms with Gasteiger partial charge in [-0.25, -0.2) is 4.98 Å². The minimum atomic E-state index is 0.150. The Bertz CT molecular complexity index is 1660. The number of halogens is 3. The number of likely N-dealkylation sites (tertiary alicyclic amines) is 1. The maximum Gasteiger partial charge on any atom is 0.226 e. The van der Waals surface area contributed by atoms with Gasteiger partial charge in [-0.1, -0.05) is 51.2 Å². The molecule has 2 aromatic carbocycles. The molecular formula is C29H24Cl3N5O3S. The number of amides is 1. The first-order chi connectivity index (χ1) is 19.9. The predicted octanol–water partition coefficient (Wildman–Crippen LogP) is 8.20. The van der Waals surface area contributed by atoms with Gasteiger partial charge < -0.3 is 13.9 Å². The summed E-state index contributed by atoms with van der Waals surface area (Å²) in [6.45, 7) is 1.42. The van der Waals surface area contributed by atoms with Crippen molar-refractivity contribution < 1.29 is 13.8 Å². The van der Waals surface area contributed by atoms with Crippen molar-refractivity contribution in [3.8, 4) is 34.1 Å². The summed E-state index contributed by atoms with van der Waals surface area (Å²) in [6, 6.07) is 14.5. The van der Waals surface area contributed by atoms with Gasteiger partial charge in [-0.3, -0.25) is 4.79 Å². The lowest BCUT2D eigenvalue weighted by atomic mass is 9.97. The van der Waals surface area contributed by atoms with Crippen molar-refractivity contribution in [2.24, 2.45) is 0 Å². The Labute approximate surface area is 255 Å². The van der Waals surface area contributed by atoms with E-state index >= 15 is 0 Å². The number of aromatic nitrogens is 4. The Morgan fingerprint density at radius 3 is 2.46 bits per heavy atom. The molecule has 0 bridgehead atoms. The van der Waals surface area contributed by atoms with E-state index in [0.717, 1.165) is 34.7 Å². The summed E-state index contributed by atoms with van der Waals surface area (Å²) in [6.07, 6.45) is 3.39. The number of aryl methyl sites for hydroxylation is 1. The summed E-state index contributed by atoms with van der Waals surface area (Å²) in [4.78, 5) is 24.0. The summed E-state index contributed by atoms with van der Waals surface area (Å²) in [5.74, 6) is 2.10. The zero-order chi connectivity index (χ0) is 28.3. The molecule has 0 unspecified atom stereocenters. The summed E-state index contributed by atoms with van der Waals surface area (Å²) in [5.41, 5.74) is 3.08. The van der Waals surface area contributed by atoms with Crippen molar-refractivity contribution in [1.29, 1.82) is 0 Å². The van der Waals surface area contributed by atoms with Crippen molar-refractivity contribution in [3.63, 3.8) is 0 Å². The van der Waals surface area contributed by atoms with Crippen molar-refractivity contribution in [3.05, 3.63) is 79.9 Å². The van der Waals surface area contributed by atoms with E-state index in [1.165, 1.54) is 0 Å². The summed E-state index contributed by atoms with van der Waals surface area (Å²) >= 11 is 19.7. The Kier molecular flexibility index (Phi) is 8.39. The van der Waals surface area contributed by atoms with Crippen LogP contribution in [0.5, 0.6) is 0 Å².